The first-order valence-corrected chi connectivity index (χ1v) is 7.62. The fourth-order valence-corrected chi connectivity index (χ4v) is 2.63. The maximum Gasteiger partial charge on any atom is 0.573 e. The lowest BCUT2D eigenvalue weighted by atomic mass is 10.1. The van der Waals surface area contributed by atoms with Crippen molar-refractivity contribution in [1.29, 1.82) is 0 Å². The Kier molecular flexibility index (Phi) is 4.67. The smallest absolute Gasteiger partial charge is 0.480 e. The highest BCUT2D eigenvalue weighted by Gasteiger charge is 2.39. The van der Waals surface area contributed by atoms with E-state index in [9.17, 15) is 40.6 Å². The van der Waals surface area contributed by atoms with Crippen LogP contribution in [0.25, 0.3) is 11.0 Å². The minimum atomic E-state index is -5.14. The number of fused-ring (bicyclic) bond motifs is 1. The topological polar surface area (TPSA) is 93.0 Å². The van der Waals surface area contributed by atoms with E-state index >= 15 is 0 Å². The van der Waals surface area contributed by atoms with E-state index in [2.05, 4.69) is 14.8 Å². The van der Waals surface area contributed by atoms with Crippen molar-refractivity contribution >= 4 is 11.0 Å². The molecule has 2 aromatic heterocycles. The van der Waals surface area contributed by atoms with Crippen LogP contribution in [0, 0.1) is 5.82 Å². The largest absolute Gasteiger partial charge is 0.573 e. The maximum absolute atomic E-state index is 13.9. The van der Waals surface area contributed by atoms with E-state index in [-0.39, 0.29) is 5.56 Å². The van der Waals surface area contributed by atoms with Crippen LogP contribution >= 0.6 is 0 Å². The maximum atomic E-state index is 13.9. The summed E-state index contributed by atoms with van der Waals surface area (Å²) < 4.78 is 94.5. The van der Waals surface area contributed by atoms with E-state index in [0.717, 1.165) is 6.07 Å². The van der Waals surface area contributed by atoms with Crippen molar-refractivity contribution in [2.75, 3.05) is 0 Å². The average molecular weight is 426 g/mol. The van der Waals surface area contributed by atoms with Gasteiger partial charge in [-0.05, 0) is 24.6 Å². The lowest BCUT2D eigenvalue weighted by molar-refractivity contribution is -0.275. The Labute approximate surface area is 155 Å². The highest BCUT2D eigenvalue weighted by molar-refractivity contribution is 5.78. The minimum Gasteiger partial charge on any atom is -0.480 e. The number of alkyl halides is 6. The molecule has 1 atom stereocenters. The number of ether oxygens (including phenoxy) is 1. The normalized spacial score (nSPS) is 13.7. The fourth-order valence-electron chi connectivity index (χ4n) is 2.63. The molecule has 0 aliphatic heterocycles. The number of nitrogens with zero attached hydrogens (tertiary/aromatic N) is 3. The van der Waals surface area contributed by atoms with Crippen LogP contribution in [0.5, 0.6) is 11.8 Å². The zero-order valence-electron chi connectivity index (χ0n) is 14.1. The van der Waals surface area contributed by atoms with Gasteiger partial charge in [-0.2, -0.15) is 23.3 Å². The quantitative estimate of drug-likeness (QED) is 0.626. The van der Waals surface area contributed by atoms with Crippen molar-refractivity contribution in [2.45, 2.75) is 25.5 Å². The van der Waals surface area contributed by atoms with Gasteiger partial charge < -0.3 is 9.84 Å². The van der Waals surface area contributed by atoms with Gasteiger partial charge in [0.2, 0.25) is 0 Å². The molecule has 156 valence electrons. The molecule has 0 aliphatic rings. The Balaban J connectivity index is 2.14. The molecule has 0 saturated carbocycles. The van der Waals surface area contributed by atoms with Gasteiger partial charge in [-0.15, -0.1) is 13.2 Å². The highest BCUT2D eigenvalue weighted by Crippen LogP contribution is 2.35. The van der Waals surface area contributed by atoms with Gasteiger partial charge in [-0.1, -0.05) is 6.07 Å². The predicted molar refractivity (Wildman–Crippen MR) is 81.7 cm³/mol. The van der Waals surface area contributed by atoms with E-state index in [4.69, 9.17) is 0 Å². The van der Waals surface area contributed by atoms with E-state index in [0.29, 0.717) is 16.8 Å². The van der Waals surface area contributed by atoms with E-state index < -0.39 is 58.4 Å². The third kappa shape index (κ3) is 3.95. The summed E-state index contributed by atoms with van der Waals surface area (Å²) in [5.41, 5.74) is -3.65. The molecular formula is C15H9F7N4O3. The lowest BCUT2D eigenvalue weighted by Gasteiger charge is -2.15. The molecule has 3 aromatic rings. The number of aromatic hydroxyl groups is 1. The van der Waals surface area contributed by atoms with Crippen LogP contribution in [0.2, 0.25) is 0 Å². The highest BCUT2D eigenvalue weighted by atomic mass is 19.4. The zero-order chi connectivity index (χ0) is 21.7. The molecule has 0 saturated heterocycles. The Morgan fingerprint density at radius 1 is 1.21 bits per heavy atom. The molecule has 0 amide bonds. The molecule has 1 aromatic carbocycles. The SMILES string of the molecule is C[C@@H](c1ccc(OC(F)(F)F)c(F)c1)n1nc(C(F)(F)F)c2c(=O)[nH]c(O)nc21. The summed E-state index contributed by atoms with van der Waals surface area (Å²) >= 11 is 0. The van der Waals surface area contributed by atoms with Crippen LogP contribution in [-0.2, 0) is 6.18 Å². The number of aromatic nitrogens is 4. The van der Waals surface area contributed by atoms with E-state index in [1.807, 2.05) is 0 Å². The first-order valence-electron chi connectivity index (χ1n) is 7.62. The van der Waals surface area contributed by atoms with Gasteiger partial charge in [0.15, 0.2) is 22.9 Å². The van der Waals surface area contributed by atoms with Crippen molar-refractivity contribution in [2.24, 2.45) is 0 Å². The number of benzene rings is 1. The molecule has 3 rings (SSSR count). The van der Waals surface area contributed by atoms with Crippen LogP contribution in [-0.4, -0.2) is 31.2 Å². The summed E-state index contributed by atoms with van der Waals surface area (Å²) in [7, 11) is 0. The first kappa shape index (κ1) is 20.4. The molecule has 0 unspecified atom stereocenters. The molecule has 7 nitrogen and oxygen atoms in total. The Morgan fingerprint density at radius 3 is 2.41 bits per heavy atom. The first-order chi connectivity index (χ1) is 13.3. The molecule has 0 radical (unpaired) electrons. The number of aromatic amines is 1. The van der Waals surface area contributed by atoms with Gasteiger partial charge in [-0.25, -0.2) is 9.07 Å². The van der Waals surface area contributed by atoms with Crippen molar-refractivity contribution in [3.63, 3.8) is 0 Å². The van der Waals surface area contributed by atoms with Crippen molar-refractivity contribution in [1.82, 2.24) is 19.7 Å². The van der Waals surface area contributed by atoms with Crippen LogP contribution in [0.4, 0.5) is 30.7 Å². The third-order valence-electron chi connectivity index (χ3n) is 3.85. The van der Waals surface area contributed by atoms with Gasteiger partial charge in [0.05, 0.1) is 6.04 Å². The van der Waals surface area contributed by atoms with Gasteiger partial charge in [0.1, 0.15) is 5.39 Å². The molecular weight excluding hydrogens is 417 g/mol. The van der Waals surface area contributed by atoms with Crippen LogP contribution in [0.15, 0.2) is 23.0 Å². The minimum absolute atomic E-state index is 0.100. The second-order valence-electron chi connectivity index (χ2n) is 5.79. The van der Waals surface area contributed by atoms with E-state index in [1.165, 1.54) is 6.92 Å². The molecule has 14 heteroatoms. The lowest BCUT2D eigenvalue weighted by Crippen LogP contribution is -2.18. The summed E-state index contributed by atoms with van der Waals surface area (Å²) in [6.07, 6.45) is -10.2. The predicted octanol–water partition coefficient (Wildman–Crippen LogP) is 3.49. The fraction of sp³-hybridized carbons (Fsp3) is 0.267. The standard InChI is InChI=1S/C15H9F7N4O3/c1-5(6-2-3-8(7(16)4-6)29-15(20,21)22)26-11-9(10(25-26)14(17,18)19)12(27)24-13(28)23-11/h2-5H,1H3,(H2,23,24,27,28)/t5-/m0/s1. The van der Waals surface area contributed by atoms with Gasteiger partial charge in [0.25, 0.3) is 11.6 Å². The van der Waals surface area contributed by atoms with Crippen molar-refractivity contribution in [3.8, 4) is 11.8 Å². The van der Waals surface area contributed by atoms with Crippen LogP contribution in [0.3, 0.4) is 0 Å². The van der Waals surface area contributed by atoms with E-state index in [1.54, 1.807) is 4.98 Å². The van der Waals surface area contributed by atoms with Crippen LogP contribution < -0.4 is 10.3 Å². The van der Waals surface area contributed by atoms with Crippen LogP contribution in [0.1, 0.15) is 24.2 Å². The summed E-state index contributed by atoms with van der Waals surface area (Å²) in [6, 6.07) is 0.0339. The third-order valence-corrected chi connectivity index (χ3v) is 3.85. The number of nitrogens with one attached hydrogen (secondary N) is 1. The molecule has 0 aliphatic carbocycles. The number of hydrogen-bond donors (Lipinski definition) is 2. The molecule has 29 heavy (non-hydrogen) atoms. The molecule has 2 N–H and O–H groups in total. The summed E-state index contributed by atoms with van der Waals surface area (Å²) in [5, 5.41) is 11.8. The molecule has 0 bridgehead atoms. The molecule has 2 heterocycles. The second kappa shape index (κ2) is 6.63. The molecule has 0 fully saturated rings. The summed E-state index contributed by atoms with van der Waals surface area (Å²) in [4.78, 5) is 17.0. The Morgan fingerprint density at radius 2 is 1.86 bits per heavy atom. The van der Waals surface area contributed by atoms with Crippen molar-refractivity contribution < 1.29 is 40.6 Å². The number of H-pyrrole nitrogens is 1. The molecule has 0 spiro atoms. The Bertz CT molecular complexity index is 1130. The second-order valence-corrected chi connectivity index (χ2v) is 5.79. The van der Waals surface area contributed by atoms with Gasteiger partial charge >= 0.3 is 12.5 Å². The zero-order valence-corrected chi connectivity index (χ0v) is 14.1. The number of halogens is 7. The summed E-state index contributed by atoms with van der Waals surface area (Å²) in [5.74, 6) is -2.56. The van der Waals surface area contributed by atoms with Gasteiger partial charge in [-0.3, -0.25) is 9.78 Å². The monoisotopic (exact) mass is 426 g/mol. The number of hydrogen-bond acceptors (Lipinski definition) is 5. The van der Waals surface area contributed by atoms with Gasteiger partial charge in [0, 0.05) is 0 Å². The average Bonchev–Trinajstić information content (AvgIpc) is 2.94. The summed E-state index contributed by atoms with van der Waals surface area (Å²) in [6.45, 7) is 1.24. The Hall–Kier alpha value is -3.32. The van der Waals surface area contributed by atoms with Crippen molar-refractivity contribution in [3.05, 3.63) is 45.6 Å². The number of rotatable bonds is 3.